The van der Waals surface area contributed by atoms with Crippen molar-refractivity contribution >= 4 is 45.8 Å². The fraction of sp³-hybridized carbons (Fsp3) is 0.529. The first-order valence-electron chi connectivity index (χ1n) is 8.12. The summed E-state index contributed by atoms with van der Waals surface area (Å²) in [6, 6.07) is 7.56. The third-order valence-corrected chi connectivity index (χ3v) is 4.85. The molecular formula is C17H25BrClN3O2. The summed E-state index contributed by atoms with van der Waals surface area (Å²) in [7, 11) is 0. The van der Waals surface area contributed by atoms with Crippen LogP contribution in [-0.4, -0.2) is 30.9 Å². The Labute approximate surface area is 157 Å². The Kier molecular flexibility index (Phi) is 8.73. The number of unbranched alkanes of at least 4 members (excludes halogenated alkanes) is 1. The minimum atomic E-state index is -0.315. The van der Waals surface area contributed by atoms with Crippen molar-refractivity contribution in [1.29, 1.82) is 0 Å². The molecule has 1 aliphatic heterocycles. The van der Waals surface area contributed by atoms with E-state index in [2.05, 4.69) is 28.2 Å². The van der Waals surface area contributed by atoms with Crippen molar-refractivity contribution in [3.8, 4) is 0 Å². The van der Waals surface area contributed by atoms with E-state index in [1.54, 1.807) is 4.90 Å². The van der Waals surface area contributed by atoms with E-state index in [-0.39, 0.29) is 42.6 Å². The summed E-state index contributed by atoms with van der Waals surface area (Å²) in [6.45, 7) is 2.96. The molecule has 0 aromatic heterocycles. The van der Waals surface area contributed by atoms with Crippen molar-refractivity contribution in [2.45, 2.75) is 38.6 Å². The van der Waals surface area contributed by atoms with Crippen LogP contribution in [-0.2, 0) is 9.59 Å². The number of halogens is 2. The average molecular weight is 419 g/mol. The summed E-state index contributed by atoms with van der Waals surface area (Å²) in [6.07, 6.45) is 3.24. The molecule has 24 heavy (non-hydrogen) atoms. The van der Waals surface area contributed by atoms with E-state index in [1.807, 2.05) is 24.3 Å². The van der Waals surface area contributed by atoms with Crippen LogP contribution in [0.25, 0.3) is 0 Å². The summed E-state index contributed by atoms with van der Waals surface area (Å²) >= 11 is 3.46. The molecule has 5 nitrogen and oxygen atoms in total. The van der Waals surface area contributed by atoms with Gasteiger partial charge in [0.15, 0.2) is 0 Å². The smallest absolute Gasteiger partial charge is 0.227 e. The fourth-order valence-electron chi connectivity index (χ4n) is 2.81. The van der Waals surface area contributed by atoms with E-state index in [0.29, 0.717) is 13.1 Å². The molecule has 7 heteroatoms. The fourth-order valence-corrected chi connectivity index (χ4v) is 3.30. The van der Waals surface area contributed by atoms with Gasteiger partial charge in [-0.25, -0.2) is 0 Å². The topological polar surface area (TPSA) is 75.4 Å². The van der Waals surface area contributed by atoms with Crippen molar-refractivity contribution in [1.82, 2.24) is 5.32 Å². The van der Waals surface area contributed by atoms with Crippen LogP contribution in [0.3, 0.4) is 0 Å². The van der Waals surface area contributed by atoms with Gasteiger partial charge in [0, 0.05) is 30.0 Å². The van der Waals surface area contributed by atoms with Crippen molar-refractivity contribution in [3.63, 3.8) is 0 Å². The van der Waals surface area contributed by atoms with Gasteiger partial charge in [0.2, 0.25) is 11.8 Å². The molecule has 0 saturated carbocycles. The maximum absolute atomic E-state index is 12.4. The monoisotopic (exact) mass is 417 g/mol. The molecule has 0 bridgehead atoms. The molecule has 0 spiro atoms. The molecule has 1 heterocycles. The Morgan fingerprint density at radius 3 is 2.79 bits per heavy atom. The second-order valence-electron chi connectivity index (χ2n) is 5.94. The number of benzene rings is 1. The van der Waals surface area contributed by atoms with Crippen LogP contribution in [0.5, 0.6) is 0 Å². The molecular weight excluding hydrogens is 394 g/mol. The quantitative estimate of drug-likeness (QED) is 0.715. The molecule has 1 aliphatic rings. The first-order valence-corrected chi connectivity index (χ1v) is 8.91. The third kappa shape index (κ3) is 5.19. The second kappa shape index (κ2) is 10.0. The molecule has 1 saturated heterocycles. The molecule has 0 aliphatic carbocycles. The zero-order chi connectivity index (χ0) is 16.8. The van der Waals surface area contributed by atoms with Gasteiger partial charge in [-0.05, 0) is 34.5 Å². The van der Waals surface area contributed by atoms with Gasteiger partial charge >= 0.3 is 0 Å². The van der Waals surface area contributed by atoms with Crippen LogP contribution in [0.1, 0.15) is 32.6 Å². The van der Waals surface area contributed by atoms with E-state index in [1.165, 1.54) is 0 Å². The van der Waals surface area contributed by atoms with E-state index in [9.17, 15) is 9.59 Å². The predicted octanol–water partition coefficient (Wildman–Crippen LogP) is 2.86. The number of nitrogens with two attached hydrogens (primary N) is 1. The van der Waals surface area contributed by atoms with E-state index >= 15 is 0 Å². The molecule has 2 rings (SSSR count). The molecule has 134 valence electrons. The molecule has 2 atom stereocenters. The van der Waals surface area contributed by atoms with Gasteiger partial charge in [0.25, 0.3) is 0 Å². The number of nitrogens with zero attached hydrogens (tertiary/aromatic N) is 1. The largest absolute Gasteiger partial charge is 0.352 e. The number of carbonyl (C=O) groups excluding carboxylic acids is 2. The number of hydrogen-bond acceptors (Lipinski definition) is 3. The van der Waals surface area contributed by atoms with Gasteiger partial charge in [-0.3, -0.25) is 9.59 Å². The molecule has 1 aromatic rings. The Bertz CT molecular complexity index is 571. The lowest BCUT2D eigenvalue weighted by Crippen LogP contribution is -2.43. The molecule has 0 radical (unpaired) electrons. The summed E-state index contributed by atoms with van der Waals surface area (Å²) in [5.41, 5.74) is 6.54. The van der Waals surface area contributed by atoms with Crippen LogP contribution in [0.2, 0.25) is 0 Å². The molecule has 2 amide bonds. The molecule has 1 aromatic carbocycles. The minimum absolute atomic E-state index is 0. The zero-order valence-electron chi connectivity index (χ0n) is 13.8. The average Bonchev–Trinajstić information content (AvgIpc) is 2.93. The Morgan fingerprint density at radius 2 is 2.17 bits per heavy atom. The number of hydrogen-bond donors (Lipinski definition) is 2. The highest BCUT2D eigenvalue weighted by Gasteiger charge is 2.36. The van der Waals surface area contributed by atoms with Crippen LogP contribution in [0.4, 0.5) is 5.69 Å². The molecule has 2 unspecified atom stereocenters. The van der Waals surface area contributed by atoms with Gasteiger partial charge < -0.3 is 16.0 Å². The highest BCUT2D eigenvalue weighted by Crippen LogP contribution is 2.31. The van der Waals surface area contributed by atoms with E-state index in [4.69, 9.17) is 5.73 Å². The maximum Gasteiger partial charge on any atom is 0.227 e. The summed E-state index contributed by atoms with van der Waals surface area (Å²) in [5.74, 6) is -0.403. The molecule has 1 fully saturated rings. The minimum Gasteiger partial charge on any atom is -0.352 e. The van der Waals surface area contributed by atoms with Crippen LogP contribution in [0, 0.1) is 5.92 Å². The van der Waals surface area contributed by atoms with Gasteiger partial charge in [0.05, 0.1) is 11.6 Å². The number of rotatable bonds is 7. The highest BCUT2D eigenvalue weighted by molar-refractivity contribution is 9.10. The third-order valence-electron chi connectivity index (χ3n) is 4.18. The van der Waals surface area contributed by atoms with Gasteiger partial charge in [-0.1, -0.05) is 31.9 Å². The zero-order valence-corrected chi connectivity index (χ0v) is 16.2. The van der Waals surface area contributed by atoms with E-state index in [0.717, 1.165) is 29.4 Å². The Morgan fingerprint density at radius 1 is 1.46 bits per heavy atom. The van der Waals surface area contributed by atoms with Crippen LogP contribution < -0.4 is 16.0 Å². The lowest BCUT2D eigenvalue weighted by atomic mass is 10.1. The van der Waals surface area contributed by atoms with Gasteiger partial charge in [-0.2, -0.15) is 0 Å². The summed E-state index contributed by atoms with van der Waals surface area (Å²) in [4.78, 5) is 26.4. The summed E-state index contributed by atoms with van der Waals surface area (Å²) < 4.78 is 0.859. The number of anilines is 1. The van der Waals surface area contributed by atoms with Crippen LogP contribution in [0.15, 0.2) is 28.7 Å². The van der Waals surface area contributed by atoms with E-state index < -0.39 is 0 Å². The standard InChI is InChI=1S/C17H24BrN3O2.ClH/c1-2-3-6-13(10-19)20-17(23)12-9-16(22)21(11-12)15-8-5-4-7-14(15)18;/h4-5,7-8,12-13H,2-3,6,9-11,19H2,1H3,(H,20,23);1H. The lowest BCUT2D eigenvalue weighted by Gasteiger charge is -2.20. The number of nitrogens with one attached hydrogen (secondary N) is 1. The van der Waals surface area contributed by atoms with Gasteiger partial charge in [-0.15, -0.1) is 12.4 Å². The normalized spacial score (nSPS) is 18.2. The van der Waals surface area contributed by atoms with Crippen molar-refractivity contribution in [2.75, 3.05) is 18.0 Å². The van der Waals surface area contributed by atoms with Crippen LogP contribution >= 0.6 is 28.3 Å². The number of amides is 2. The first-order chi connectivity index (χ1) is 11.1. The Hall–Kier alpha value is -1.11. The first kappa shape index (κ1) is 20.9. The maximum atomic E-state index is 12.4. The highest BCUT2D eigenvalue weighted by atomic mass is 79.9. The van der Waals surface area contributed by atoms with Gasteiger partial charge in [0.1, 0.15) is 0 Å². The Balaban J connectivity index is 0.00000288. The van der Waals surface area contributed by atoms with Crippen molar-refractivity contribution in [2.24, 2.45) is 11.7 Å². The SMILES string of the molecule is CCCCC(CN)NC(=O)C1CC(=O)N(c2ccccc2Br)C1.Cl. The van der Waals surface area contributed by atoms with Crippen molar-refractivity contribution in [3.05, 3.63) is 28.7 Å². The number of para-hydroxylation sites is 1. The summed E-state index contributed by atoms with van der Waals surface area (Å²) in [5, 5.41) is 3.00. The second-order valence-corrected chi connectivity index (χ2v) is 6.79. The predicted molar refractivity (Wildman–Crippen MR) is 102 cm³/mol. The number of carbonyl (C=O) groups is 2. The lowest BCUT2D eigenvalue weighted by molar-refractivity contribution is -0.126. The van der Waals surface area contributed by atoms with Crippen molar-refractivity contribution < 1.29 is 9.59 Å². The molecule has 3 N–H and O–H groups in total.